The van der Waals surface area contributed by atoms with Crippen LogP contribution in [0, 0.1) is 5.92 Å². The minimum Gasteiger partial charge on any atom is -0.349 e. The first-order chi connectivity index (χ1) is 6.61. The van der Waals surface area contributed by atoms with Gasteiger partial charge in [0.05, 0.1) is 0 Å². The summed E-state index contributed by atoms with van der Waals surface area (Å²) in [5.41, 5.74) is 0.968. The Hall–Kier alpha value is -1.38. The zero-order valence-electron chi connectivity index (χ0n) is 8.90. The second kappa shape index (κ2) is 4.74. The summed E-state index contributed by atoms with van der Waals surface area (Å²) in [6, 6.07) is 5.76. The molecule has 1 rings (SSSR count). The lowest BCUT2D eigenvalue weighted by Crippen LogP contribution is -2.29. The van der Waals surface area contributed by atoms with Gasteiger partial charge in [0.15, 0.2) is 0 Å². The lowest BCUT2D eigenvalue weighted by Gasteiger charge is -2.16. The zero-order chi connectivity index (χ0) is 10.6. The van der Waals surface area contributed by atoms with Crippen LogP contribution in [0.2, 0.25) is 0 Å². The molecule has 1 aromatic rings. The average Bonchev–Trinajstić information content (AvgIpc) is 2.18. The molecule has 0 spiro atoms. The summed E-state index contributed by atoms with van der Waals surface area (Å²) in [6.07, 6.45) is 2.46. The van der Waals surface area contributed by atoms with E-state index in [1.165, 1.54) is 0 Å². The lowest BCUT2D eigenvalue weighted by molar-refractivity contribution is -0.132. The van der Waals surface area contributed by atoms with E-state index in [9.17, 15) is 4.79 Å². The van der Waals surface area contributed by atoms with Crippen molar-refractivity contribution in [2.45, 2.75) is 13.3 Å². The fourth-order valence-corrected chi connectivity index (χ4v) is 1.36. The fraction of sp³-hybridized carbons (Fsp3) is 0.455. The molecule has 0 bridgehead atoms. The van der Waals surface area contributed by atoms with E-state index in [0.717, 1.165) is 5.69 Å². The molecular formula is C11H16N2O. The van der Waals surface area contributed by atoms with E-state index in [1.54, 1.807) is 25.2 Å². The third-order valence-corrected chi connectivity index (χ3v) is 2.10. The number of carbonyl (C=O) groups is 1. The maximum atomic E-state index is 11.5. The minimum atomic E-state index is -0.0000926. The monoisotopic (exact) mass is 192 g/mol. The second-order valence-corrected chi connectivity index (χ2v) is 3.66. The van der Waals surface area contributed by atoms with E-state index in [-0.39, 0.29) is 11.8 Å². The van der Waals surface area contributed by atoms with Gasteiger partial charge in [-0.15, -0.1) is 0 Å². The number of rotatable bonds is 3. The van der Waals surface area contributed by atoms with Gasteiger partial charge in [0.1, 0.15) is 0 Å². The number of amides is 1. The highest BCUT2D eigenvalue weighted by molar-refractivity contribution is 5.78. The highest BCUT2D eigenvalue weighted by Crippen LogP contribution is 2.07. The Morgan fingerprint density at radius 2 is 2.21 bits per heavy atom. The van der Waals surface area contributed by atoms with Gasteiger partial charge in [-0.1, -0.05) is 13.0 Å². The van der Waals surface area contributed by atoms with Gasteiger partial charge in [0.2, 0.25) is 5.91 Å². The van der Waals surface area contributed by atoms with Crippen LogP contribution in [0.1, 0.15) is 12.6 Å². The van der Waals surface area contributed by atoms with Crippen LogP contribution >= 0.6 is 0 Å². The molecular weight excluding hydrogens is 176 g/mol. The van der Waals surface area contributed by atoms with Crippen LogP contribution in [-0.4, -0.2) is 29.9 Å². The van der Waals surface area contributed by atoms with Crippen LogP contribution in [0.25, 0.3) is 0 Å². The van der Waals surface area contributed by atoms with Gasteiger partial charge >= 0.3 is 0 Å². The van der Waals surface area contributed by atoms with Gasteiger partial charge in [0.25, 0.3) is 0 Å². The Morgan fingerprint density at radius 3 is 2.71 bits per heavy atom. The standard InChI is InChI=1S/C11H16N2O/c1-9(11(14)13(2)3)8-10-6-4-5-7-12-10/h4-7,9H,8H2,1-3H3/t9-/m0/s1. The predicted molar refractivity (Wildman–Crippen MR) is 55.8 cm³/mol. The van der Waals surface area contributed by atoms with Gasteiger partial charge in [-0.2, -0.15) is 0 Å². The Labute approximate surface area is 84.8 Å². The molecule has 0 saturated carbocycles. The average molecular weight is 192 g/mol. The van der Waals surface area contributed by atoms with Crippen LogP contribution in [0.3, 0.4) is 0 Å². The van der Waals surface area contributed by atoms with E-state index in [0.29, 0.717) is 6.42 Å². The highest BCUT2D eigenvalue weighted by Gasteiger charge is 2.15. The Bertz CT molecular complexity index is 295. The molecule has 14 heavy (non-hydrogen) atoms. The summed E-state index contributed by atoms with van der Waals surface area (Å²) in [7, 11) is 3.55. The molecule has 0 saturated heterocycles. The zero-order valence-corrected chi connectivity index (χ0v) is 8.90. The summed E-state index contributed by atoms with van der Waals surface area (Å²) in [5, 5.41) is 0. The maximum Gasteiger partial charge on any atom is 0.225 e. The molecule has 0 fully saturated rings. The Kier molecular flexibility index (Phi) is 3.63. The van der Waals surface area contributed by atoms with Crippen molar-refractivity contribution in [1.82, 2.24) is 9.88 Å². The number of carbonyl (C=O) groups excluding carboxylic acids is 1. The fourth-order valence-electron chi connectivity index (χ4n) is 1.36. The third kappa shape index (κ3) is 2.83. The first-order valence-electron chi connectivity index (χ1n) is 4.72. The smallest absolute Gasteiger partial charge is 0.225 e. The van der Waals surface area contributed by atoms with E-state index < -0.39 is 0 Å². The summed E-state index contributed by atoms with van der Waals surface area (Å²) in [5.74, 6) is 0.149. The van der Waals surface area contributed by atoms with E-state index in [1.807, 2.05) is 25.1 Å². The van der Waals surface area contributed by atoms with Crippen molar-refractivity contribution < 1.29 is 4.79 Å². The molecule has 76 valence electrons. The molecule has 0 aliphatic rings. The van der Waals surface area contributed by atoms with Crippen LogP contribution in [-0.2, 0) is 11.2 Å². The van der Waals surface area contributed by atoms with Crippen molar-refractivity contribution in [1.29, 1.82) is 0 Å². The number of hydrogen-bond donors (Lipinski definition) is 0. The first-order valence-corrected chi connectivity index (χ1v) is 4.72. The molecule has 0 aliphatic heterocycles. The molecule has 0 aromatic carbocycles. The molecule has 0 N–H and O–H groups in total. The minimum absolute atomic E-state index is 0.0000926. The summed E-state index contributed by atoms with van der Waals surface area (Å²) in [4.78, 5) is 17.4. The van der Waals surface area contributed by atoms with Crippen molar-refractivity contribution in [3.63, 3.8) is 0 Å². The number of nitrogens with zero attached hydrogens (tertiary/aromatic N) is 2. The number of pyridine rings is 1. The largest absolute Gasteiger partial charge is 0.349 e. The molecule has 1 aromatic heterocycles. The topological polar surface area (TPSA) is 33.2 Å². The van der Waals surface area contributed by atoms with Crippen molar-refractivity contribution in [2.24, 2.45) is 5.92 Å². The van der Waals surface area contributed by atoms with E-state index >= 15 is 0 Å². The third-order valence-electron chi connectivity index (χ3n) is 2.10. The van der Waals surface area contributed by atoms with Gasteiger partial charge < -0.3 is 4.90 Å². The Balaban J connectivity index is 2.57. The maximum absolute atomic E-state index is 11.5. The highest BCUT2D eigenvalue weighted by atomic mass is 16.2. The molecule has 1 heterocycles. The summed E-state index contributed by atoms with van der Waals surface area (Å²) >= 11 is 0. The summed E-state index contributed by atoms with van der Waals surface area (Å²) < 4.78 is 0. The molecule has 0 radical (unpaired) electrons. The normalized spacial score (nSPS) is 12.2. The van der Waals surface area contributed by atoms with Crippen LogP contribution < -0.4 is 0 Å². The molecule has 3 heteroatoms. The van der Waals surface area contributed by atoms with Gasteiger partial charge in [-0.3, -0.25) is 9.78 Å². The number of aromatic nitrogens is 1. The quantitative estimate of drug-likeness (QED) is 0.724. The van der Waals surface area contributed by atoms with Crippen molar-refractivity contribution in [3.05, 3.63) is 30.1 Å². The van der Waals surface area contributed by atoms with E-state index in [4.69, 9.17) is 0 Å². The SMILES string of the molecule is C[C@@H](Cc1ccccn1)C(=O)N(C)C. The van der Waals surface area contributed by atoms with Crippen molar-refractivity contribution in [3.8, 4) is 0 Å². The lowest BCUT2D eigenvalue weighted by atomic mass is 10.0. The molecule has 1 atom stereocenters. The van der Waals surface area contributed by atoms with Crippen LogP contribution in [0.5, 0.6) is 0 Å². The van der Waals surface area contributed by atoms with Gasteiger partial charge in [-0.05, 0) is 12.1 Å². The second-order valence-electron chi connectivity index (χ2n) is 3.66. The van der Waals surface area contributed by atoms with Crippen LogP contribution in [0.4, 0.5) is 0 Å². The molecule has 3 nitrogen and oxygen atoms in total. The van der Waals surface area contributed by atoms with Crippen molar-refractivity contribution >= 4 is 5.91 Å². The number of hydrogen-bond acceptors (Lipinski definition) is 2. The van der Waals surface area contributed by atoms with Crippen molar-refractivity contribution in [2.75, 3.05) is 14.1 Å². The molecule has 0 unspecified atom stereocenters. The Morgan fingerprint density at radius 1 is 1.50 bits per heavy atom. The molecule has 0 aliphatic carbocycles. The predicted octanol–water partition coefficient (Wildman–Crippen LogP) is 1.35. The molecule has 1 amide bonds. The van der Waals surface area contributed by atoms with Gasteiger partial charge in [-0.25, -0.2) is 0 Å². The van der Waals surface area contributed by atoms with E-state index in [2.05, 4.69) is 4.98 Å². The van der Waals surface area contributed by atoms with Crippen LogP contribution in [0.15, 0.2) is 24.4 Å². The summed E-state index contributed by atoms with van der Waals surface area (Å²) in [6.45, 7) is 1.93. The van der Waals surface area contributed by atoms with Gasteiger partial charge in [0, 0.05) is 38.3 Å². The first kappa shape index (κ1) is 10.7.